The zero-order valence-corrected chi connectivity index (χ0v) is 47.4. The number of ether oxygens (including phenoxy) is 12. The summed E-state index contributed by atoms with van der Waals surface area (Å²) >= 11 is 0. The van der Waals surface area contributed by atoms with Crippen LogP contribution in [0, 0.1) is 52.8 Å². The first-order chi connectivity index (χ1) is 37.0. The van der Waals surface area contributed by atoms with E-state index in [4.69, 9.17) is 56.8 Å². The van der Waals surface area contributed by atoms with Gasteiger partial charge in [0.05, 0.1) is 73.8 Å². The van der Waals surface area contributed by atoms with Gasteiger partial charge < -0.3 is 56.8 Å². The highest BCUT2D eigenvalue weighted by atomic mass is 16.7. The van der Waals surface area contributed by atoms with Crippen LogP contribution < -0.4 is 0 Å². The Hall–Kier alpha value is -4.40. The molecule has 77 heavy (non-hydrogen) atoms. The molecule has 0 spiro atoms. The van der Waals surface area contributed by atoms with Crippen LogP contribution >= 0.6 is 0 Å². The maximum absolute atomic E-state index is 14.4. The van der Waals surface area contributed by atoms with Crippen molar-refractivity contribution in [3.8, 4) is 0 Å². The van der Waals surface area contributed by atoms with Gasteiger partial charge in [0.15, 0.2) is 25.2 Å². The highest BCUT2D eigenvalue weighted by Crippen LogP contribution is 2.38. The number of hydrogen-bond donors (Lipinski definition) is 0. The van der Waals surface area contributed by atoms with Crippen LogP contribution in [0.2, 0.25) is 0 Å². The molecular weight excluding hydrogens is 1000 g/mol. The van der Waals surface area contributed by atoms with Gasteiger partial charge in [-0.3, -0.25) is 38.4 Å². The first-order valence-corrected chi connectivity index (χ1v) is 28.9. The van der Waals surface area contributed by atoms with Crippen molar-refractivity contribution < 1.29 is 95.2 Å². The number of carbonyl (C=O) groups excluding carboxylic acids is 8. The average molecular weight is 1100 g/mol. The Morgan fingerprint density at radius 3 is 0.649 bits per heavy atom. The fraction of sp³-hybridized carbons (Fsp3) is 0.860. The summed E-state index contributed by atoms with van der Waals surface area (Å²) < 4.78 is 69.3. The molecule has 4 fully saturated rings. The van der Waals surface area contributed by atoms with Crippen molar-refractivity contribution in [1.82, 2.24) is 0 Å². The molecule has 20 heteroatoms. The van der Waals surface area contributed by atoms with Crippen molar-refractivity contribution in [3.63, 3.8) is 0 Å². The van der Waals surface area contributed by atoms with E-state index < -0.39 is 152 Å². The fourth-order valence-corrected chi connectivity index (χ4v) is 10.6. The highest BCUT2D eigenvalue weighted by Gasteiger charge is 2.47. The standard InChI is InChI=1S/C57H92O20/c1-9-29-66-37(5)74-53(62)45-25-17-13-21-41(45)49(58)70-33-57(34-71-50(59)42-22-14-18-26-46(42)54(63)75-38(6)67-30-10-2,35-72-51(60)43-23-15-19-27-47(43)55(64)76-39(7)68-31-11-3)36-73-52(61)44-24-16-20-28-48(44)56(65)77-40(8)69-32-12-4/h37-48H,9-36H2,1-8H3. The van der Waals surface area contributed by atoms with E-state index in [9.17, 15) is 38.4 Å². The number of esters is 8. The van der Waals surface area contributed by atoms with Crippen LogP contribution in [0.3, 0.4) is 0 Å². The Kier molecular flexibility index (Phi) is 29.2. The first-order valence-electron chi connectivity index (χ1n) is 28.9. The van der Waals surface area contributed by atoms with Gasteiger partial charge in [-0.25, -0.2) is 0 Å². The van der Waals surface area contributed by atoms with Gasteiger partial charge in [0.25, 0.3) is 0 Å². The van der Waals surface area contributed by atoms with E-state index in [1.54, 1.807) is 27.7 Å². The molecule has 0 radical (unpaired) electrons. The monoisotopic (exact) mass is 1100 g/mol. The summed E-state index contributed by atoms with van der Waals surface area (Å²) in [5.41, 5.74) is -1.82. The lowest BCUT2D eigenvalue weighted by Crippen LogP contribution is -2.47. The summed E-state index contributed by atoms with van der Waals surface area (Å²) in [7, 11) is 0. The lowest BCUT2D eigenvalue weighted by molar-refractivity contribution is -0.193. The Morgan fingerprint density at radius 2 is 0.481 bits per heavy atom. The molecule has 0 heterocycles. The van der Waals surface area contributed by atoms with Crippen molar-refractivity contribution in [2.45, 2.75) is 209 Å². The molecule has 0 N–H and O–H groups in total. The molecule has 4 aliphatic carbocycles. The van der Waals surface area contributed by atoms with E-state index in [0.29, 0.717) is 155 Å². The third-order valence-corrected chi connectivity index (χ3v) is 14.9. The Bertz CT molecular complexity index is 1590. The van der Waals surface area contributed by atoms with Gasteiger partial charge in [0, 0.05) is 0 Å². The van der Waals surface area contributed by atoms with Gasteiger partial charge in [0.1, 0.15) is 31.8 Å². The van der Waals surface area contributed by atoms with E-state index in [1.807, 2.05) is 27.7 Å². The molecular formula is C57H92O20. The molecule has 0 aromatic heterocycles. The van der Waals surface area contributed by atoms with Gasteiger partial charge in [-0.1, -0.05) is 79.1 Å². The Balaban J connectivity index is 1.71. The van der Waals surface area contributed by atoms with Crippen molar-refractivity contribution in [2.75, 3.05) is 52.9 Å². The van der Waals surface area contributed by atoms with Gasteiger partial charge >= 0.3 is 47.8 Å². The predicted octanol–water partition coefficient (Wildman–Crippen LogP) is 8.63. The summed E-state index contributed by atoms with van der Waals surface area (Å²) in [6.45, 7) is 12.9. The molecule has 0 aromatic carbocycles. The van der Waals surface area contributed by atoms with Crippen molar-refractivity contribution in [1.29, 1.82) is 0 Å². The zero-order chi connectivity index (χ0) is 56.3. The molecule has 12 unspecified atom stereocenters. The highest BCUT2D eigenvalue weighted by molar-refractivity contribution is 5.85. The summed E-state index contributed by atoms with van der Waals surface area (Å²) in [6.07, 6.45) is 6.96. The first kappa shape index (κ1) is 65.1. The van der Waals surface area contributed by atoms with Crippen molar-refractivity contribution >= 4 is 47.8 Å². The van der Waals surface area contributed by atoms with Crippen LogP contribution in [0.5, 0.6) is 0 Å². The largest absolute Gasteiger partial charge is 0.464 e. The van der Waals surface area contributed by atoms with Crippen LogP contribution in [-0.4, -0.2) is 126 Å². The smallest absolute Gasteiger partial charge is 0.312 e. The lowest BCUT2D eigenvalue weighted by atomic mass is 9.79. The van der Waals surface area contributed by atoms with Crippen LogP contribution in [0.4, 0.5) is 0 Å². The van der Waals surface area contributed by atoms with Crippen molar-refractivity contribution in [2.24, 2.45) is 52.8 Å². The normalized spacial score (nSPS) is 26.0. The maximum Gasteiger partial charge on any atom is 0.312 e. The van der Waals surface area contributed by atoms with E-state index in [-0.39, 0.29) is 0 Å². The minimum atomic E-state index is -1.82. The summed E-state index contributed by atoms with van der Waals surface area (Å²) in [4.78, 5) is 112. The summed E-state index contributed by atoms with van der Waals surface area (Å²) in [5.74, 6) is -12.9. The summed E-state index contributed by atoms with van der Waals surface area (Å²) in [5, 5.41) is 0. The van der Waals surface area contributed by atoms with Crippen molar-refractivity contribution in [3.05, 3.63) is 0 Å². The van der Waals surface area contributed by atoms with Gasteiger partial charge in [-0.15, -0.1) is 0 Å². The van der Waals surface area contributed by atoms with Crippen LogP contribution in [0.15, 0.2) is 0 Å². The Labute approximate surface area is 456 Å². The molecule has 12 atom stereocenters. The molecule has 20 nitrogen and oxygen atoms in total. The second-order valence-electron chi connectivity index (χ2n) is 21.4. The molecule has 4 saturated carbocycles. The topological polar surface area (TPSA) is 247 Å². The molecule has 4 rings (SSSR count). The van der Waals surface area contributed by atoms with E-state index in [0.717, 1.165) is 0 Å². The van der Waals surface area contributed by atoms with Crippen LogP contribution in [-0.2, 0) is 95.2 Å². The molecule has 0 amide bonds. The molecule has 0 saturated heterocycles. The van der Waals surface area contributed by atoms with E-state index in [1.165, 1.54) is 0 Å². The number of carbonyl (C=O) groups is 8. The van der Waals surface area contributed by atoms with E-state index >= 15 is 0 Å². The molecule has 4 aliphatic rings. The predicted molar refractivity (Wildman–Crippen MR) is 275 cm³/mol. The SMILES string of the molecule is CCCOC(C)OC(=O)C1CCCCC1C(=O)OCC(COC(=O)C1CCCCC1C(=O)OC(C)OCCC)(COC(=O)C1CCCCC1C(=O)OC(C)OCCC)COC(=O)C1CCCCC1C(=O)OC(C)OCCC. The van der Waals surface area contributed by atoms with E-state index in [2.05, 4.69) is 0 Å². The third kappa shape index (κ3) is 21.3. The Morgan fingerprint density at radius 1 is 0.312 bits per heavy atom. The molecule has 440 valence electrons. The second-order valence-corrected chi connectivity index (χ2v) is 21.4. The van der Waals surface area contributed by atoms with Gasteiger partial charge in [-0.05, 0) is 105 Å². The quantitative estimate of drug-likeness (QED) is 0.0347. The van der Waals surface area contributed by atoms with Gasteiger partial charge in [-0.2, -0.15) is 0 Å². The third-order valence-electron chi connectivity index (χ3n) is 14.9. The maximum atomic E-state index is 14.4. The summed E-state index contributed by atoms with van der Waals surface area (Å²) in [6, 6.07) is 0. The minimum Gasteiger partial charge on any atom is -0.464 e. The lowest BCUT2D eigenvalue weighted by Gasteiger charge is -2.36. The fourth-order valence-electron chi connectivity index (χ4n) is 10.6. The molecule has 0 bridgehead atoms. The zero-order valence-electron chi connectivity index (χ0n) is 47.4. The van der Waals surface area contributed by atoms with Crippen LogP contribution in [0.25, 0.3) is 0 Å². The van der Waals surface area contributed by atoms with Gasteiger partial charge in [0.2, 0.25) is 0 Å². The number of rotatable bonds is 32. The average Bonchev–Trinajstić information content (AvgIpc) is 3.44. The minimum absolute atomic E-state index is 0.290. The molecule has 0 aliphatic heterocycles. The number of hydrogen-bond acceptors (Lipinski definition) is 20. The molecule has 0 aromatic rings. The second kappa shape index (κ2) is 34.6. The van der Waals surface area contributed by atoms with Crippen LogP contribution in [0.1, 0.15) is 184 Å².